The maximum atomic E-state index is 13.9. The Balaban J connectivity index is 1.61. The van der Waals surface area contributed by atoms with Crippen LogP contribution in [0.5, 0.6) is 0 Å². The lowest BCUT2D eigenvalue weighted by molar-refractivity contribution is -0.129. The van der Waals surface area contributed by atoms with E-state index in [1.54, 1.807) is 18.2 Å². The molecule has 1 aromatic heterocycles. The lowest BCUT2D eigenvalue weighted by Crippen LogP contribution is -2.48. The zero-order chi connectivity index (χ0) is 23.5. The van der Waals surface area contributed by atoms with Crippen LogP contribution >= 0.6 is 0 Å². The number of amides is 2. The van der Waals surface area contributed by atoms with Crippen molar-refractivity contribution in [2.24, 2.45) is 5.73 Å². The number of rotatable bonds is 13. The van der Waals surface area contributed by atoms with E-state index in [0.717, 1.165) is 42.1 Å². The first-order chi connectivity index (χ1) is 16.1. The molecule has 0 saturated heterocycles. The number of nitrogens with two attached hydrogens (primary N) is 1. The number of carbonyl (C=O) groups is 2. The number of aromatic amines is 1. The molecule has 2 amide bonds. The number of benzene rings is 2. The van der Waals surface area contributed by atoms with Crippen molar-refractivity contribution in [1.29, 1.82) is 0 Å². The molecule has 0 saturated carbocycles. The largest absolute Gasteiger partial charge is 0.361 e. The van der Waals surface area contributed by atoms with Crippen molar-refractivity contribution in [3.63, 3.8) is 0 Å². The standard InChI is InChI=1S/C26H33FN4O2/c27-22-11-6-4-9-19(22)14-16-29-26(33)24(31-25(32)13-3-1-2-8-15-28)17-20-18-30-23-12-7-5-10-21(20)23/h4-7,9-12,18,24,30H,1-3,8,13-17,28H2,(H,29,33)(H,31,32). The average molecular weight is 453 g/mol. The van der Waals surface area contributed by atoms with Gasteiger partial charge in [0.1, 0.15) is 11.9 Å². The van der Waals surface area contributed by atoms with Crippen molar-refractivity contribution in [2.75, 3.05) is 13.1 Å². The highest BCUT2D eigenvalue weighted by Gasteiger charge is 2.22. The molecule has 3 aromatic rings. The number of halogens is 1. The SMILES string of the molecule is NCCCCCCC(=O)NC(Cc1c[nH]c2ccccc12)C(=O)NCCc1ccccc1F. The van der Waals surface area contributed by atoms with Crippen molar-refractivity contribution < 1.29 is 14.0 Å². The Morgan fingerprint density at radius 3 is 2.55 bits per heavy atom. The zero-order valence-electron chi connectivity index (χ0n) is 18.9. The highest BCUT2D eigenvalue weighted by molar-refractivity contribution is 5.89. The molecule has 6 nitrogen and oxygen atoms in total. The molecular weight excluding hydrogens is 419 g/mol. The van der Waals surface area contributed by atoms with Gasteiger partial charge < -0.3 is 21.4 Å². The van der Waals surface area contributed by atoms with Crippen LogP contribution in [0.15, 0.2) is 54.7 Å². The predicted octanol–water partition coefficient (Wildman–Crippen LogP) is 3.60. The fraction of sp³-hybridized carbons (Fsp3) is 0.385. The minimum atomic E-state index is -0.707. The van der Waals surface area contributed by atoms with Gasteiger partial charge in [0.25, 0.3) is 0 Å². The Labute approximate surface area is 194 Å². The highest BCUT2D eigenvalue weighted by atomic mass is 19.1. The Hall–Kier alpha value is -3.19. The molecule has 0 radical (unpaired) electrons. The maximum Gasteiger partial charge on any atom is 0.242 e. The van der Waals surface area contributed by atoms with Gasteiger partial charge in [-0.15, -0.1) is 0 Å². The van der Waals surface area contributed by atoms with E-state index < -0.39 is 6.04 Å². The molecule has 5 N–H and O–H groups in total. The van der Waals surface area contributed by atoms with Gasteiger partial charge in [0, 0.05) is 36.5 Å². The van der Waals surface area contributed by atoms with Gasteiger partial charge in [0.2, 0.25) is 11.8 Å². The number of H-pyrrole nitrogens is 1. The number of unbranched alkanes of at least 4 members (excludes halogenated alkanes) is 3. The lowest BCUT2D eigenvalue weighted by atomic mass is 10.0. The normalized spacial score (nSPS) is 11.9. The fourth-order valence-corrected chi connectivity index (χ4v) is 3.92. The molecule has 3 rings (SSSR count). The second kappa shape index (κ2) is 12.7. The molecule has 0 aliphatic carbocycles. The van der Waals surface area contributed by atoms with Gasteiger partial charge in [-0.3, -0.25) is 9.59 Å². The summed E-state index contributed by atoms with van der Waals surface area (Å²) in [6.07, 6.45) is 6.66. The molecule has 0 fully saturated rings. The summed E-state index contributed by atoms with van der Waals surface area (Å²) in [5.41, 5.74) is 8.01. The first kappa shape index (κ1) is 24.5. The third-order valence-corrected chi connectivity index (χ3v) is 5.76. The van der Waals surface area contributed by atoms with Crippen LogP contribution in [-0.4, -0.2) is 35.9 Å². The van der Waals surface area contributed by atoms with E-state index in [1.165, 1.54) is 6.07 Å². The first-order valence-electron chi connectivity index (χ1n) is 11.6. The van der Waals surface area contributed by atoms with Crippen LogP contribution < -0.4 is 16.4 Å². The third-order valence-electron chi connectivity index (χ3n) is 5.76. The lowest BCUT2D eigenvalue weighted by Gasteiger charge is -2.19. The maximum absolute atomic E-state index is 13.9. The Kier molecular flexibility index (Phi) is 9.44. The molecular formula is C26H33FN4O2. The van der Waals surface area contributed by atoms with E-state index in [4.69, 9.17) is 5.73 Å². The molecule has 33 heavy (non-hydrogen) atoms. The summed E-state index contributed by atoms with van der Waals surface area (Å²) < 4.78 is 13.9. The molecule has 1 heterocycles. The van der Waals surface area contributed by atoms with E-state index in [2.05, 4.69) is 15.6 Å². The Morgan fingerprint density at radius 2 is 1.73 bits per heavy atom. The van der Waals surface area contributed by atoms with Crippen LogP contribution in [0.2, 0.25) is 0 Å². The third kappa shape index (κ3) is 7.43. The summed E-state index contributed by atoms with van der Waals surface area (Å²) in [6.45, 7) is 0.949. The number of fused-ring (bicyclic) bond motifs is 1. The number of hydrogen-bond donors (Lipinski definition) is 4. The van der Waals surface area contributed by atoms with Crippen LogP contribution in [0.3, 0.4) is 0 Å². The summed E-state index contributed by atoms with van der Waals surface area (Å²) in [4.78, 5) is 28.8. The monoisotopic (exact) mass is 452 g/mol. The van der Waals surface area contributed by atoms with Crippen LogP contribution in [0.25, 0.3) is 10.9 Å². The van der Waals surface area contributed by atoms with E-state index in [0.29, 0.717) is 37.9 Å². The van der Waals surface area contributed by atoms with E-state index in [9.17, 15) is 14.0 Å². The summed E-state index contributed by atoms with van der Waals surface area (Å²) in [6, 6.07) is 13.7. The molecule has 7 heteroatoms. The van der Waals surface area contributed by atoms with Crippen molar-refractivity contribution in [3.8, 4) is 0 Å². The average Bonchev–Trinajstić information content (AvgIpc) is 3.22. The van der Waals surface area contributed by atoms with Crippen molar-refractivity contribution in [1.82, 2.24) is 15.6 Å². The van der Waals surface area contributed by atoms with Gasteiger partial charge in [-0.25, -0.2) is 4.39 Å². The second-order valence-electron chi connectivity index (χ2n) is 8.27. The van der Waals surface area contributed by atoms with Gasteiger partial charge in [-0.05, 0) is 49.1 Å². The number of aromatic nitrogens is 1. The molecule has 1 atom stereocenters. The highest BCUT2D eigenvalue weighted by Crippen LogP contribution is 2.19. The summed E-state index contributed by atoms with van der Waals surface area (Å²) in [7, 11) is 0. The quantitative estimate of drug-likeness (QED) is 0.298. The van der Waals surface area contributed by atoms with Crippen LogP contribution in [0, 0.1) is 5.82 Å². The molecule has 1 unspecified atom stereocenters. The number of hydrogen-bond acceptors (Lipinski definition) is 3. The fourth-order valence-electron chi connectivity index (χ4n) is 3.92. The zero-order valence-corrected chi connectivity index (χ0v) is 18.9. The summed E-state index contributed by atoms with van der Waals surface area (Å²) >= 11 is 0. The van der Waals surface area contributed by atoms with Gasteiger partial charge in [0.15, 0.2) is 0 Å². The summed E-state index contributed by atoms with van der Waals surface area (Å²) in [5, 5.41) is 6.80. The van der Waals surface area contributed by atoms with Gasteiger partial charge in [0.05, 0.1) is 0 Å². The first-order valence-corrected chi connectivity index (χ1v) is 11.6. The Morgan fingerprint density at radius 1 is 0.970 bits per heavy atom. The Bertz CT molecular complexity index is 1050. The number of carbonyl (C=O) groups excluding carboxylic acids is 2. The smallest absolute Gasteiger partial charge is 0.242 e. The van der Waals surface area contributed by atoms with Crippen molar-refractivity contribution in [2.45, 2.75) is 51.0 Å². The van der Waals surface area contributed by atoms with Gasteiger partial charge in [-0.1, -0.05) is 49.2 Å². The van der Waals surface area contributed by atoms with Crippen molar-refractivity contribution in [3.05, 3.63) is 71.7 Å². The van der Waals surface area contributed by atoms with E-state index in [-0.39, 0.29) is 17.6 Å². The van der Waals surface area contributed by atoms with Crippen LogP contribution in [-0.2, 0) is 22.4 Å². The minimum Gasteiger partial charge on any atom is -0.361 e. The molecule has 0 aliphatic heterocycles. The predicted molar refractivity (Wildman–Crippen MR) is 129 cm³/mol. The van der Waals surface area contributed by atoms with Crippen LogP contribution in [0.4, 0.5) is 4.39 Å². The molecule has 0 aliphatic rings. The van der Waals surface area contributed by atoms with E-state index >= 15 is 0 Å². The van der Waals surface area contributed by atoms with Gasteiger partial charge in [-0.2, -0.15) is 0 Å². The topological polar surface area (TPSA) is 100 Å². The van der Waals surface area contributed by atoms with E-state index in [1.807, 2.05) is 30.5 Å². The molecule has 176 valence electrons. The molecule has 0 bridgehead atoms. The van der Waals surface area contributed by atoms with Gasteiger partial charge >= 0.3 is 0 Å². The molecule has 2 aromatic carbocycles. The summed E-state index contributed by atoms with van der Waals surface area (Å²) in [5.74, 6) is -0.699. The van der Waals surface area contributed by atoms with Crippen molar-refractivity contribution >= 4 is 22.7 Å². The number of para-hydroxylation sites is 1. The minimum absolute atomic E-state index is 0.142. The molecule has 0 spiro atoms. The van der Waals surface area contributed by atoms with Crippen LogP contribution in [0.1, 0.15) is 43.2 Å². The second-order valence-corrected chi connectivity index (χ2v) is 8.27. The number of nitrogens with one attached hydrogen (secondary N) is 3.